The molecule has 0 atom stereocenters. The van der Waals surface area contributed by atoms with Crippen LogP contribution >= 0.6 is 0 Å². The monoisotopic (exact) mass is 120 g/mol. The van der Waals surface area contributed by atoms with Crippen molar-refractivity contribution < 1.29 is 5.11 Å². The minimum absolute atomic E-state index is 0.0972. The number of benzene rings is 1. The maximum absolute atomic E-state index is 8.92. The Labute approximate surface area is 53.3 Å². The zero-order valence-corrected chi connectivity index (χ0v) is 4.78. The van der Waals surface area contributed by atoms with E-state index in [1.165, 1.54) is 6.07 Å². The van der Waals surface area contributed by atoms with Crippen molar-refractivity contribution in [3.63, 3.8) is 0 Å². The molecule has 0 unspecified atom stereocenters. The number of hydrogen-bond donors (Lipinski definition) is 1. The lowest BCUT2D eigenvalue weighted by atomic mass is 10.2. The second-order valence-corrected chi connectivity index (χ2v) is 1.69. The third kappa shape index (κ3) is 1.08. The van der Waals surface area contributed by atoms with Gasteiger partial charge in [-0.2, -0.15) is 5.41 Å². The summed E-state index contributed by atoms with van der Waals surface area (Å²) in [4.78, 5) is 0. The van der Waals surface area contributed by atoms with E-state index in [1.807, 2.05) is 0 Å². The van der Waals surface area contributed by atoms with Crippen LogP contribution < -0.4 is 5.41 Å². The normalized spacial score (nSPS) is 8.89. The van der Waals surface area contributed by atoms with E-state index in [1.54, 1.807) is 18.2 Å². The van der Waals surface area contributed by atoms with Crippen LogP contribution in [-0.2, 0) is 0 Å². The first kappa shape index (κ1) is 5.82. The van der Waals surface area contributed by atoms with Crippen molar-refractivity contribution in [2.75, 3.05) is 0 Å². The predicted molar refractivity (Wildman–Crippen MR) is 35.4 cm³/mol. The van der Waals surface area contributed by atoms with Crippen LogP contribution in [-0.4, -0.2) is 11.3 Å². The van der Waals surface area contributed by atoms with Crippen molar-refractivity contribution in [3.8, 4) is 5.75 Å². The number of phenolic OH excluding ortho intramolecular Hbond substituents is 1. The molecule has 0 bridgehead atoms. The molecule has 0 amide bonds. The zero-order valence-electron chi connectivity index (χ0n) is 4.78. The predicted octanol–water partition coefficient (Wildman–Crippen LogP) is 0.611. The molecule has 0 saturated carbocycles. The SMILES string of the molecule is [N]=Cc1ccccc1O. The Kier molecular flexibility index (Phi) is 1.49. The fourth-order valence-electron chi connectivity index (χ4n) is 0.597. The summed E-state index contributed by atoms with van der Waals surface area (Å²) in [6, 6.07) is 6.57. The molecule has 45 valence electrons. The van der Waals surface area contributed by atoms with Crippen LogP contribution in [0.15, 0.2) is 24.3 Å². The second kappa shape index (κ2) is 2.31. The molecule has 0 saturated heterocycles. The van der Waals surface area contributed by atoms with Crippen LogP contribution in [0.2, 0.25) is 0 Å². The van der Waals surface area contributed by atoms with Crippen molar-refractivity contribution in [1.82, 2.24) is 5.41 Å². The van der Waals surface area contributed by atoms with Gasteiger partial charge in [0.05, 0.1) is 6.21 Å². The lowest BCUT2D eigenvalue weighted by Crippen LogP contribution is -1.79. The molecule has 0 fully saturated rings. The molecule has 1 N–H and O–H groups in total. The first-order chi connectivity index (χ1) is 4.34. The highest BCUT2D eigenvalue weighted by molar-refractivity contribution is 5.81. The second-order valence-electron chi connectivity index (χ2n) is 1.69. The minimum Gasteiger partial charge on any atom is -0.507 e. The van der Waals surface area contributed by atoms with Gasteiger partial charge in [-0.1, -0.05) is 12.1 Å². The molecular formula is C7H6NO. The number of para-hydroxylation sites is 1. The largest absolute Gasteiger partial charge is 0.507 e. The third-order valence-corrected chi connectivity index (χ3v) is 1.08. The minimum atomic E-state index is 0.0972. The topological polar surface area (TPSA) is 42.5 Å². The summed E-state index contributed by atoms with van der Waals surface area (Å²) < 4.78 is 0. The molecule has 2 nitrogen and oxygen atoms in total. The van der Waals surface area contributed by atoms with Crippen LogP contribution in [0.3, 0.4) is 0 Å². The molecule has 1 aromatic rings. The molecule has 1 radical (unpaired) electrons. The van der Waals surface area contributed by atoms with Crippen molar-refractivity contribution >= 4 is 6.21 Å². The molecule has 1 rings (SSSR count). The highest BCUT2D eigenvalue weighted by Crippen LogP contribution is 2.11. The zero-order chi connectivity index (χ0) is 6.69. The Morgan fingerprint density at radius 1 is 1.33 bits per heavy atom. The average Bonchev–Trinajstić information content (AvgIpc) is 1.89. The Balaban J connectivity index is 3.15. The van der Waals surface area contributed by atoms with Gasteiger partial charge in [0.25, 0.3) is 0 Å². The van der Waals surface area contributed by atoms with Gasteiger partial charge in [0.15, 0.2) is 0 Å². The molecule has 0 spiro atoms. The molecule has 0 heterocycles. The van der Waals surface area contributed by atoms with Gasteiger partial charge in [-0.25, -0.2) is 0 Å². The average molecular weight is 120 g/mol. The van der Waals surface area contributed by atoms with Gasteiger partial charge in [-0.3, -0.25) is 0 Å². The standard InChI is InChI=1S/C7H6NO/c8-5-6-3-1-2-4-7(6)9/h1-5,9H. The van der Waals surface area contributed by atoms with E-state index in [-0.39, 0.29) is 5.75 Å². The fraction of sp³-hybridized carbons (Fsp3) is 0. The van der Waals surface area contributed by atoms with E-state index in [2.05, 4.69) is 0 Å². The maximum atomic E-state index is 8.92. The van der Waals surface area contributed by atoms with E-state index < -0.39 is 0 Å². The summed E-state index contributed by atoms with van der Waals surface area (Å²) in [6.07, 6.45) is 0.870. The molecule has 0 aliphatic heterocycles. The molecule has 0 aliphatic carbocycles. The summed E-state index contributed by atoms with van der Waals surface area (Å²) in [6.45, 7) is 0. The number of rotatable bonds is 1. The van der Waals surface area contributed by atoms with Crippen LogP contribution in [0.5, 0.6) is 5.75 Å². The van der Waals surface area contributed by atoms with Crippen molar-refractivity contribution in [1.29, 1.82) is 0 Å². The Morgan fingerprint density at radius 3 is 2.44 bits per heavy atom. The quantitative estimate of drug-likeness (QED) is 0.542. The number of hydrogen-bond acceptors (Lipinski definition) is 1. The first-order valence-electron chi connectivity index (χ1n) is 2.60. The van der Waals surface area contributed by atoms with E-state index >= 15 is 0 Å². The number of aromatic hydroxyl groups is 1. The van der Waals surface area contributed by atoms with Gasteiger partial charge < -0.3 is 5.11 Å². The third-order valence-electron chi connectivity index (χ3n) is 1.08. The Hall–Kier alpha value is -1.31. The van der Waals surface area contributed by atoms with Gasteiger partial charge >= 0.3 is 0 Å². The molecule has 1 aromatic carbocycles. The summed E-state index contributed by atoms with van der Waals surface area (Å²) in [5.74, 6) is 0.0972. The van der Waals surface area contributed by atoms with Crippen molar-refractivity contribution in [2.24, 2.45) is 0 Å². The number of nitrogens with zero attached hydrogens (tertiary/aromatic N) is 1. The molecule has 2 heteroatoms. The lowest BCUT2D eigenvalue weighted by molar-refractivity contribution is 0.474. The molecular weight excluding hydrogens is 114 g/mol. The Morgan fingerprint density at radius 2 is 2.00 bits per heavy atom. The van der Waals surface area contributed by atoms with Crippen LogP contribution in [0.25, 0.3) is 0 Å². The van der Waals surface area contributed by atoms with Crippen molar-refractivity contribution in [3.05, 3.63) is 29.8 Å². The van der Waals surface area contributed by atoms with Crippen LogP contribution in [0, 0.1) is 0 Å². The van der Waals surface area contributed by atoms with Gasteiger partial charge in [0.1, 0.15) is 5.75 Å². The lowest BCUT2D eigenvalue weighted by Gasteiger charge is -1.92. The van der Waals surface area contributed by atoms with Gasteiger partial charge in [-0.15, -0.1) is 0 Å². The van der Waals surface area contributed by atoms with E-state index in [0.717, 1.165) is 6.21 Å². The summed E-state index contributed by atoms with van der Waals surface area (Å²) in [5.41, 5.74) is 0.442. The molecule has 0 aliphatic rings. The molecule has 0 aromatic heterocycles. The summed E-state index contributed by atoms with van der Waals surface area (Å²) >= 11 is 0. The van der Waals surface area contributed by atoms with E-state index in [9.17, 15) is 0 Å². The summed E-state index contributed by atoms with van der Waals surface area (Å²) in [7, 11) is 0. The van der Waals surface area contributed by atoms with E-state index in [4.69, 9.17) is 10.5 Å². The van der Waals surface area contributed by atoms with Gasteiger partial charge in [-0.05, 0) is 12.1 Å². The van der Waals surface area contributed by atoms with Gasteiger partial charge in [0.2, 0.25) is 0 Å². The van der Waals surface area contributed by atoms with Crippen molar-refractivity contribution in [2.45, 2.75) is 0 Å². The molecule has 9 heavy (non-hydrogen) atoms. The van der Waals surface area contributed by atoms with Crippen LogP contribution in [0.4, 0.5) is 0 Å². The smallest absolute Gasteiger partial charge is 0.124 e. The van der Waals surface area contributed by atoms with Gasteiger partial charge in [0, 0.05) is 5.56 Å². The maximum Gasteiger partial charge on any atom is 0.124 e. The first-order valence-corrected chi connectivity index (χ1v) is 2.60. The fourth-order valence-corrected chi connectivity index (χ4v) is 0.597. The highest BCUT2D eigenvalue weighted by Gasteiger charge is 1.91. The number of phenols is 1. The van der Waals surface area contributed by atoms with E-state index in [0.29, 0.717) is 5.56 Å². The highest BCUT2D eigenvalue weighted by atomic mass is 16.3. The Bertz CT molecular complexity index is 220. The summed E-state index contributed by atoms with van der Waals surface area (Å²) in [5, 5.41) is 17.4. The van der Waals surface area contributed by atoms with Crippen LogP contribution in [0.1, 0.15) is 5.56 Å².